The monoisotopic (exact) mass is 309 g/mol. The van der Waals surface area contributed by atoms with Crippen LogP contribution in [0.25, 0.3) is 6.08 Å². The van der Waals surface area contributed by atoms with Crippen LogP contribution in [0.5, 0.6) is 0 Å². The molecule has 0 unspecified atom stereocenters. The van der Waals surface area contributed by atoms with E-state index in [9.17, 15) is 9.59 Å². The molecular formula is C18H15NO2S. The maximum atomic E-state index is 11.6. The highest BCUT2D eigenvalue weighted by Gasteiger charge is 1.97. The van der Waals surface area contributed by atoms with Gasteiger partial charge in [-0.05, 0) is 36.6 Å². The van der Waals surface area contributed by atoms with Crippen molar-refractivity contribution in [1.82, 2.24) is 5.32 Å². The Labute approximate surface area is 133 Å². The van der Waals surface area contributed by atoms with Gasteiger partial charge in [-0.3, -0.25) is 9.59 Å². The Morgan fingerprint density at radius 1 is 1.23 bits per heavy atom. The van der Waals surface area contributed by atoms with Crippen LogP contribution < -0.4 is 5.32 Å². The van der Waals surface area contributed by atoms with Crippen LogP contribution in [0, 0.1) is 11.8 Å². The smallest absolute Gasteiger partial charge is 0.244 e. The molecule has 1 aromatic carbocycles. The number of nitrogens with one attached hydrogen (secondary N) is 1. The summed E-state index contributed by atoms with van der Waals surface area (Å²) >= 11 is 1.57. The first-order valence-electron chi connectivity index (χ1n) is 6.74. The van der Waals surface area contributed by atoms with Crippen LogP contribution >= 0.6 is 11.3 Å². The summed E-state index contributed by atoms with van der Waals surface area (Å²) in [5.74, 6) is 5.67. The number of amides is 1. The number of carbonyl (C=O) groups excluding carboxylic acids is 2. The summed E-state index contributed by atoms with van der Waals surface area (Å²) < 4.78 is 0. The number of benzene rings is 1. The van der Waals surface area contributed by atoms with E-state index in [4.69, 9.17) is 0 Å². The fourth-order valence-electron chi connectivity index (χ4n) is 1.67. The van der Waals surface area contributed by atoms with E-state index < -0.39 is 0 Å². The second-order valence-electron chi connectivity index (χ2n) is 4.50. The fraction of sp³-hybridized carbons (Fsp3) is 0.111. The Morgan fingerprint density at radius 3 is 2.64 bits per heavy atom. The Morgan fingerprint density at radius 2 is 2.00 bits per heavy atom. The summed E-state index contributed by atoms with van der Waals surface area (Å²) in [6, 6.07) is 11.0. The van der Waals surface area contributed by atoms with Gasteiger partial charge in [-0.25, -0.2) is 0 Å². The van der Waals surface area contributed by atoms with Crippen molar-refractivity contribution in [2.45, 2.75) is 6.92 Å². The molecule has 0 fully saturated rings. The molecule has 2 rings (SSSR count). The zero-order chi connectivity index (χ0) is 15.8. The number of hydrogen-bond donors (Lipinski definition) is 1. The lowest BCUT2D eigenvalue weighted by molar-refractivity contribution is -0.116. The van der Waals surface area contributed by atoms with Gasteiger partial charge in [0.25, 0.3) is 0 Å². The molecule has 22 heavy (non-hydrogen) atoms. The third kappa shape index (κ3) is 5.04. The molecule has 110 valence electrons. The molecule has 1 N–H and O–H groups in total. The van der Waals surface area contributed by atoms with E-state index >= 15 is 0 Å². The van der Waals surface area contributed by atoms with Crippen LogP contribution in [0.2, 0.25) is 0 Å². The molecule has 1 heterocycles. The van der Waals surface area contributed by atoms with Gasteiger partial charge in [0.2, 0.25) is 5.91 Å². The fourth-order valence-corrected chi connectivity index (χ4v) is 2.29. The molecule has 3 nitrogen and oxygen atoms in total. The average molecular weight is 309 g/mol. The van der Waals surface area contributed by atoms with Gasteiger partial charge < -0.3 is 5.32 Å². The molecule has 0 aliphatic heterocycles. The topological polar surface area (TPSA) is 46.2 Å². The summed E-state index contributed by atoms with van der Waals surface area (Å²) in [6.45, 7) is 1.81. The van der Waals surface area contributed by atoms with Gasteiger partial charge in [-0.15, -0.1) is 11.3 Å². The molecule has 0 aliphatic rings. The van der Waals surface area contributed by atoms with Crippen molar-refractivity contribution in [1.29, 1.82) is 0 Å². The number of rotatable bonds is 4. The molecule has 0 spiro atoms. The first-order chi connectivity index (χ1) is 10.6. The number of thiophene rings is 1. The maximum Gasteiger partial charge on any atom is 0.244 e. The van der Waals surface area contributed by atoms with Gasteiger partial charge in [0.1, 0.15) is 0 Å². The Bertz CT molecular complexity index is 732. The molecule has 0 atom stereocenters. The lowest BCUT2D eigenvalue weighted by atomic mass is 10.1. The summed E-state index contributed by atoms with van der Waals surface area (Å²) in [4.78, 5) is 23.8. The third-order valence-corrected chi connectivity index (χ3v) is 3.65. The lowest BCUT2D eigenvalue weighted by Crippen LogP contribution is -2.20. The lowest BCUT2D eigenvalue weighted by Gasteiger charge is -1.95. The minimum Gasteiger partial charge on any atom is -0.342 e. The van der Waals surface area contributed by atoms with Crippen LogP contribution in [-0.4, -0.2) is 18.2 Å². The quantitative estimate of drug-likeness (QED) is 0.536. The molecule has 0 radical (unpaired) electrons. The number of hydrogen-bond acceptors (Lipinski definition) is 3. The molecule has 2 aromatic rings. The van der Waals surface area contributed by atoms with Crippen molar-refractivity contribution in [3.8, 4) is 11.8 Å². The van der Waals surface area contributed by atoms with Crippen molar-refractivity contribution in [2.75, 3.05) is 6.54 Å². The predicted molar refractivity (Wildman–Crippen MR) is 89.7 cm³/mol. The summed E-state index contributed by atoms with van der Waals surface area (Å²) in [7, 11) is 0. The molecule has 0 aliphatic carbocycles. The van der Waals surface area contributed by atoms with Gasteiger partial charge in [0.05, 0.1) is 6.54 Å². The highest BCUT2D eigenvalue weighted by molar-refractivity contribution is 7.10. The van der Waals surface area contributed by atoms with Crippen molar-refractivity contribution in [2.24, 2.45) is 0 Å². The largest absolute Gasteiger partial charge is 0.342 e. The first-order valence-corrected chi connectivity index (χ1v) is 7.62. The maximum absolute atomic E-state index is 11.6. The minimum absolute atomic E-state index is 0.0318. The Kier molecular flexibility index (Phi) is 5.70. The van der Waals surface area contributed by atoms with Gasteiger partial charge in [0, 0.05) is 22.1 Å². The molecule has 0 saturated heterocycles. The Balaban J connectivity index is 1.81. The average Bonchev–Trinajstić information content (AvgIpc) is 3.03. The van der Waals surface area contributed by atoms with Crippen molar-refractivity contribution in [3.63, 3.8) is 0 Å². The van der Waals surface area contributed by atoms with E-state index in [1.54, 1.807) is 41.7 Å². The van der Waals surface area contributed by atoms with Gasteiger partial charge in [0.15, 0.2) is 5.78 Å². The van der Waals surface area contributed by atoms with Crippen molar-refractivity contribution >= 4 is 29.1 Å². The van der Waals surface area contributed by atoms with E-state index in [0.29, 0.717) is 5.56 Å². The van der Waals surface area contributed by atoms with Crippen LogP contribution in [-0.2, 0) is 4.79 Å². The van der Waals surface area contributed by atoms with Crippen LogP contribution in [0.3, 0.4) is 0 Å². The standard InChI is InChI=1S/C18H15NO2S/c1-14(20)16-8-6-15(7-9-16)4-2-12-19-18(21)11-10-17-5-3-13-22-17/h3,5-11,13H,12H2,1H3,(H,19,21)/b11-10+. The van der Waals surface area contributed by atoms with E-state index in [2.05, 4.69) is 17.2 Å². The highest BCUT2D eigenvalue weighted by atomic mass is 32.1. The normalized spacial score (nSPS) is 10.0. The van der Waals surface area contributed by atoms with Crippen LogP contribution in [0.1, 0.15) is 27.7 Å². The second kappa shape index (κ2) is 7.96. The molecule has 0 saturated carbocycles. The zero-order valence-electron chi connectivity index (χ0n) is 12.1. The molecule has 4 heteroatoms. The summed E-state index contributed by atoms with van der Waals surface area (Å²) in [6.07, 6.45) is 3.27. The number of Topliss-reactive ketones (excluding diaryl/α,β-unsaturated/α-hetero) is 1. The van der Waals surface area contributed by atoms with Crippen molar-refractivity contribution in [3.05, 3.63) is 63.9 Å². The van der Waals surface area contributed by atoms with E-state index in [-0.39, 0.29) is 18.2 Å². The SMILES string of the molecule is CC(=O)c1ccc(C#CCNC(=O)/C=C/c2cccs2)cc1. The van der Waals surface area contributed by atoms with E-state index in [0.717, 1.165) is 10.4 Å². The van der Waals surface area contributed by atoms with Crippen LogP contribution in [0.4, 0.5) is 0 Å². The molecule has 1 amide bonds. The first kappa shape index (κ1) is 15.7. The predicted octanol–water partition coefficient (Wildman–Crippen LogP) is 3.13. The number of ketones is 1. The van der Waals surface area contributed by atoms with Crippen LogP contribution in [0.15, 0.2) is 47.9 Å². The Hall–Kier alpha value is -2.64. The van der Waals surface area contributed by atoms with E-state index in [1.807, 2.05) is 17.5 Å². The molecule has 0 bridgehead atoms. The zero-order valence-corrected chi connectivity index (χ0v) is 12.9. The van der Waals surface area contributed by atoms with Crippen molar-refractivity contribution < 1.29 is 9.59 Å². The second-order valence-corrected chi connectivity index (χ2v) is 5.48. The van der Waals surface area contributed by atoms with Gasteiger partial charge >= 0.3 is 0 Å². The molecular weight excluding hydrogens is 294 g/mol. The minimum atomic E-state index is -0.172. The summed E-state index contributed by atoms with van der Waals surface area (Å²) in [5, 5.41) is 4.65. The number of carbonyl (C=O) groups is 2. The highest BCUT2D eigenvalue weighted by Crippen LogP contribution is 2.09. The van der Waals surface area contributed by atoms with Gasteiger partial charge in [-0.2, -0.15) is 0 Å². The van der Waals surface area contributed by atoms with Gasteiger partial charge in [-0.1, -0.05) is 30.0 Å². The third-order valence-electron chi connectivity index (χ3n) is 2.82. The molecule has 1 aromatic heterocycles. The van der Waals surface area contributed by atoms with E-state index in [1.165, 1.54) is 13.0 Å². The summed E-state index contributed by atoms with van der Waals surface area (Å²) in [5.41, 5.74) is 1.48.